The van der Waals surface area contributed by atoms with Crippen LogP contribution in [0.2, 0.25) is 10.0 Å². The smallest absolute Gasteiger partial charge is 0.231 e. The van der Waals surface area contributed by atoms with Crippen LogP contribution in [-0.2, 0) is 11.2 Å². The highest BCUT2D eigenvalue weighted by molar-refractivity contribution is 6.35. The third kappa shape index (κ3) is 3.83. The number of carbonyl (C=O) groups is 1. The lowest BCUT2D eigenvalue weighted by atomic mass is 10.1. The van der Waals surface area contributed by atoms with Gasteiger partial charge in [-0.2, -0.15) is 9.78 Å². The van der Waals surface area contributed by atoms with Crippen molar-refractivity contribution in [2.75, 3.05) is 5.32 Å². The monoisotopic (exact) mass is 429 g/mol. The molecule has 3 aromatic heterocycles. The second kappa shape index (κ2) is 7.50. The van der Waals surface area contributed by atoms with Crippen LogP contribution in [0, 0.1) is 20.8 Å². The maximum Gasteiger partial charge on any atom is 0.231 e. The Labute approximate surface area is 176 Å². The van der Waals surface area contributed by atoms with E-state index in [0.717, 1.165) is 16.5 Å². The van der Waals surface area contributed by atoms with Crippen molar-refractivity contribution < 1.29 is 9.32 Å². The zero-order chi connectivity index (χ0) is 20.7. The third-order valence-corrected chi connectivity index (χ3v) is 4.88. The molecule has 0 unspecified atom stereocenters. The Kier molecular flexibility index (Phi) is 5.02. The fourth-order valence-electron chi connectivity index (χ4n) is 3.22. The quantitative estimate of drug-likeness (QED) is 0.502. The lowest BCUT2D eigenvalue weighted by Crippen LogP contribution is -2.18. The van der Waals surface area contributed by atoms with Gasteiger partial charge in [0.2, 0.25) is 5.91 Å². The second-order valence-corrected chi connectivity index (χ2v) is 7.70. The molecule has 0 aliphatic rings. The van der Waals surface area contributed by atoms with Crippen molar-refractivity contribution in [2.45, 2.75) is 27.2 Å². The van der Waals surface area contributed by atoms with Crippen molar-refractivity contribution >= 4 is 45.9 Å². The van der Waals surface area contributed by atoms with Crippen molar-refractivity contribution in [2.24, 2.45) is 0 Å². The molecule has 7 nitrogen and oxygen atoms in total. The minimum atomic E-state index is -0.259. The second-order valence-electron chi connectivity index (χ2n) is 6.85. The summed E-state index contributed by atoms with van der Waals surface area (Å²) in [4.78, 5) is 16.9. The number of aryl methyl sites for hydroxylation is 3. The Balaban J connectivity index is 1.62. The molecule has 3 heterocycles. The average molecular weight is 430 g/mol. The Morgan fingerprint density at radius 2 is 1.97 bits per heavy atom. The van der Waals surface area contributed by atoms with E-state index in [2.05, 4.69) is 20.6 Å². The minimum Gasteiger partial charge on any atom is -0.356 e. The number of rotatable bonds is 4. The molecule has 4 aromatic rings. The topological polar surface area (TPSA) is 85.8 Å². The van der Waals surface area contributed by atoms with Gasteiger partial charge in [-0.15, -0.1) is 0 Å². The van der Waals surface area contributed by atoms with Crippen LogP contribution < -0.4 is 5.32 Å². The van der Waals surface area contributed by atoms with Crippen LogP contribution in [0.4, 0.5) is 5.82 Å². The molecule has 4 rings (SSSR count). The number of hydrogen-bond acceptors (Lipinski definition) is 5. The number of pyridine rings is 1. The van der Waals surface area contributed by atoms with Gasteiger partial charge in [-0.05, 0) is 44.0 Å². The van der Waals surface area contributed by atoms with Crippen LogP contribution in [0.1, 0.15) is 22.5 Å². The van der Waals surface area contributed by atoms with E-state index in [1.165, 1.54) is 10.9 Å². The molecule has 0 atom stereocenters. The summed E-state index contributed by atoms with van der Waals surface area (Å²) < 4.78 is 6.90. The molecule has 0 aliphatic heterocycles. The van der Waals surface area contributed by atoms with Crippen LogP contribution in [0.25, 0.3) is 16.8 Å². The van der Waals surface area contributed by atoms with Crippen LogP contribution >= 0.6 is 23.2 Å². The molecule has 0 bridgehead atoms. The SMILES string of the molecule is Cc1cc(C)c2onc(CC(=O)Nc3cc(C)nn3-c3ncc(Cl)cc3Cl)c2c1. The zero-order valence-corrected chi connectivity index (χ0v) is 17.5. The summed E-state index contributed by atoms with van der Waals surface area (Å²) in [6.07, 6.45) is 1.53. The largest absolute Gasteiger partial charge is 0.356 e. The standard InChI is InChI=1S/C20H17Cl2N5O2/c1-10-4-11(2)19-14(5-10)16(26-29-19)8-18(28)24-17-6-12(3)25-27(17)20-15(22)7-13(21)9-23-20/h4-7,9H,8H2,1-3H3,(H,24,28). The maximum absolute atomic E-state index is 12.7. The fourth-order valence-corrected chi connectivity index (χ4v) is 3.68. The summed E-state index contributed by atoms with van der Waals surface area (Å²) in [6, 6.07) is 7.29. The molecule has 0 saturated carbocycles. The molecule has 0 aliphatic carbocycles. The lowest BCUT2D eigenvalue weighted by molar-refractivity contribution is -0.115. The van der Waals surface area contributed by atoms with Gasteiger partial charge in [0, 0.05) is 17.6 Å². The molecule has 0 spiro atoms. The van der Waals surface area contributed by atoms with Gasteiger partial charge in [0.25, 0.3) is 0 Å². The number of nitrogens with one attached hydrogen (secondary N) is 1. The molecule has 0 fully saturated rings. The van der Waals surface area contributed by atoms with E-state index in [9.17, 15) is 4.79 Å². The summed E-state index contributed by atoms with van der Waals surface area (Å²) >= 11 is 12.2. The first kappa shape index (κ1) is 19.4. The van der Waals surface area contributed by atoms with Gasteiger partial charge in [0.1, 0.15) is 11.5 Å². The first-order valence-corrected chi connectivity index (χ1v) is 9.61. The van der Waals surface area contributed by atoms with Gasteiger partial charge in [0.05, 0.1) is 22.2 Å². The van der Waals surface area contributed by atoms with E-state index in [1.807, 2.05) is 32.9 Å². The average Bonchev–Trinajstić information content (AvgIpc) is 3.18. The number of nitrogens with zero attached hydrogens (tertiary/aromatic N) is 4. The van der Waals surface area contributed by atoms with Crippen LogP contribution in [0.5, 0.6) is 0 Å². The maximum atomic E-state index is 12.7. The van der Waals surface area contributed by atoms with Crippen molar-refractivity contribution in [1.82, 2.24) is 19.9 Å². The number of benzene rings is 1. The molecular weight excluding hydrogens is 413 g/mol. The molecule has 1 amide bonds. The van der Waals surface area contributed by atoms with E-state index in [0.29, 0.717) is 38.7 Å². The summed E-state index contributed by atoms with van der Waals surface area (Å²) in [6.45, 7) is 5.76. The molecule has 29 heavy (non-hydrogen) atoms. The normalized spacial score (nSPS) is 11.2. The third-order valence-electron chi connectivity index (χ3n) is 4.39. The summed E-state index contributed by atoms with van der Waals surface area (Å²) in [5.74, 6) is 0.563. The van der Waals surface area contributed by atoms with Gasteiger partial charge in [-0.1, -0.05) is 34.4 Å². The van der Waals surface area contributed by atoms with Crippen molar-refractivity contribution in [3.8, 4) is 5.82 Å². The number of anilines is 1. The molecule has 1 aromatic carbocycles. The van der Waals surface area contributed by atoms with Gasteiger partial charge < -0.3 is 9.84 Å². The summed E-state index contributed by atoms with van der Waals surface area (Å²) in [5, 5.41) is 12.9. The van der Waals surface area contributed by atoms with Crippen LogP contribution in [-0.4, -0.2) is 25.8 Å². The van der Waals surface area contributed by atoms with Crippen LogP contribution in [0.15, 0.2) is 35.0 Å². The van der Waals surface area contributed by atoms with Gasteiger partial charge in [-0.3, -0.25) is 4.79 Å². The molecule has 9 heteroatoms. The number of fused-ring (bicyclic) bond motifs is 1. The van der Waals surface area contributed by atoms with E-state index >= 15 is 0 Å². The molecule has 1 N–H and O–H groups in total. The molecular formula is C20H17Cl2N5O2. The Morgan fingerprint density at radius 3 is 2.72 bits per heavy atom. The Hall–Kier alpha value is -2.90. The highest BCUT2D eigenvalue weighted by Crippen LogP contribution is 2.26. The predicted octanol–water partition coefficient (Wildman–Crippen LogP) is 4.82. The number of carbonyl (C=O) groups excluding carboxylic acids is 1. The van der Waals surface area contributed by atoms with Crippen molar-refractivity contribution in [3.05, 3.63) is 63.0 Å². The summed E-state index contributed by atoms with van der Waals surface area (Å²) in [5.41, 5.74) is 4.03. The number of amides is 1. The first-order chi connectivity index (χ1) is 13.8. The van der Waals surface area contributed by atoms with Gasteiger partial charge >= 0.3 is 0 Å². The number of aromatic nitrogens is 4. The Morgan fingerprint density at radius 1 is 1.17 bits per heavy atom. The highest BCUT2D eigenvalue weighted by atomic mass is 35.5. The van der Waals surface area contributed by atoms with E-state index in [4.69, 9.17) is 27.7 Å². The van der Waals surface area contributed by atoms with Gasteiger partial charge in [0.15, 0.2) is 11.4 Å². The summed E-state index contributed by atoms with van der Waals surface area (Å²) in [7, 11) is 0. The Bertz CT molecular complexity index is 1250. The van der Waals surface area contributed by atoms with Crippen molar-refractivity contribution in [1.29, 1.82) is 0 Å². The van der Waals surface area contributed by atoms with E-state index in [1.54, 1.807) is 12.1 Å². The fraction of sp³-hybridized carbons (Fsp3) is 0.200. The number of halogens is 2. The highest BCUT2D eigenvalue weighted by Gasteiger charge is 2.18. The molecule has 0 radical (unpaired) electrons. The minimum absolute atomic E-state index is 0.0574. The molecule has 148 valence electrons. The molecule has 0 saturated heterocycles. The van der Waals surface area contributed by atoms with Crippen molar-refractivity contribution in [3.63, 3.8) is 0 Å². The number of hydrogen-bond donors (Lipinski definition) is 1. The predicted molar refractivity (Wildman–Crippen MR) is 112 cm³/mol. The van der Waals surface area contributed by atoms with Crippen LogP contribution in [0.3, 0.4) is 0 Å². The first-order valence-electron chi connectivity index (χ1n) is 8.85. The zero-order valence-electron chi connectivity index (χ0n) is 16.0. The van der Waals surface area contributed by atoms with Gasteiger partial charge in [-0.25, -0.2) is 4.98 Å². The lowest BCUT2D eigenvalue weighted by Gasteiger charge is -2.09. The van der Waals surface area contributed by atoms with E-state index in [-0.39, 0.29) is 12.3 Å². The van der Waals surface area contributed by atoms with E-state index < -0.39 is 0 Å².